The number of carbonyl (C=O) groups is 1. The molecule has 3 N–H and O–H groups in total. The van der Waals surface area contributed by atoms with Crippen molar-refractivity contribution in [3.05, 3.63) is 51.3 Å². The first kappa shape index (κ1) is 18.8. The molecule has 0 saturated carbocycles. The summed E-state index contributed by atoms with van der Waals surface area (Å²) in [6, 6.07) is 6.29. The van der Waals surface area contributed by atoms with Gasteiger partial charge in [-0.15, -0.1) is 0 Å². The van der Waals surface area contributed by atoms with Crippen molar-refractivity contribution in [1.82, 2.24) is 15.4 Å². The SMILES string of the molecule is O=C(NNc1ncnc(NCC2CCCO2)c1[N+](=O)[O-])c1cccc(Cl)c1. The highest BCUT2D eigenvalue weighted by Gasteiger charge is 2.25. The standard InChI is InChI=1S/C16H17ClN6O4/c17-11-4-1-3-10(7-11)16(24)22-21-15-13(23(25)26)14(19-9-20-15)18-8-12-5-2-6-27-12/h1,3-4,7,9,12H,2,5-6,8H2,(H,22,24)(H2,18,19,20,21). The summed E-state index contributed by atoms with van der Waals surface area (Å²) in [6.45, 7) is 1.08. The van der Waals surface area contributed by atoms with Gasteiger partial charge in [0.15, 0.2) is 0 Å². The average Bonchev–Trinajstić information content (AvgIpc) is 3.17. The zero-order valence-electron chi connectivity index (χ0n) is 14.1. The van der Waals surface area contributed by atoms with E-state index in [0.717, 1.165) is 12.8 Å². The van der Waals surface area contributed by atoms with Crippen molar-refractivity contribution in [2.45, 2.75) is 18.9 Å². The van der Waals surface area contributed by atoms with E-state index in [4.69, 9.17) is 16.3 Å². The van der Waals surface area contributed by atoms with E-state index in [1.807, 2.05) is 0 Å². The van der Waals surface area contributed by atoms with Crippen molar-refractivity contribution < 1.29 is 14.5 Å². The molecule has 1 aliphatic heterocycles. The van der Waals surface area contributed by atoms with Gasteiger partial charge in [-0.2, -0.15) is 0 Å². The lowest BCUT2D eigenvalue weighted by Crippen LogP contribution is -2.30. The van der Waals surface area contributed by atoms with Gasteiger partial charge < -0.3 is 10.1 Å². The number of hydrazine groups is 1. The van der Waals surface area contributed by atoms with Crippen molar-refractivity contribution >= 4 is 34.8 Å². The van der Waals surface area contributed by atoms with Crippen LogP contribution < -0.4 is 16.2 Å². The number of hydrogen-bond acceptors (Lipinski definition) is 8. The number of anilines is 2. The van der Waals surface area contributed by atoms with E-state index in [1.54, 1.807) is 18.2 Å². The topological polar surface area (TPSA) is 131 Å². The van der Waals surface area contributed by atoms with Gasteiger partial charge in [0.05, 0.1) is 11.0 Å². The van der Waals surface area contributed by atoms with Gasteiger partial charge in [0.1, 0.15) is 6.33 Å². The Labute approximate surface area is 159 Å². The lowest BCUT2D eigenvalue weighted by Gasteiger charge is -2.13. The number of nitrogens with one attached hydrogen (secondary N) is 3. The number of rotatable bonds is 7. The van der Waals surface area contributed by atoms with Gasteiger partial charge in [-0.1, -0.05) is 17.7 Å². The van der Waals surface area contributed by atoms with Crippen LogP contribution >= 0.6 is 11.6 Å². The normalized spacial score (nSPS) is 16.0. The van der Waals surface area contributed by atoms with Gasteiger partial charge in [-0.3, -0.25) is 25.8 Å². The zero-order chi connectivity index (χ0) is 19.2. The molecule has 10 nitrogen and oxygen atoms in total. The van der Waals surface area contributed by atoms with Gasteiger partial charge in [0.2, 0.25) is 11.6 Å². The molecule has 1 saturated heterocycles. The smallest absolute Gasteiger partial charge is 0.354 e. The Balaban J connectivity index is 1.71. The second kappa shape index (κ2) is 8.60. The monoisotopic (exact) mass is 392 g/mol. The molecular weight excluding hydrogens is 376 g/mol. The molecular formula is C16H17ClN6O4. The Hall–Kier alpha value is -2.98. The lowest BCUT2D eigenvalue weighted by atomic mass is 10.2. The molecule has 1 atom stereocenters. The molecule has 1 aromatic carbocycles. The van der Waals surface area contributed by atoms with Crippen molar-refractivity contribution in [2.75, 3.05) is 23.9 Å². The Morgan fingerprint density at radius 2 is 2.19 bits per heavy atom. The molecule has 142 valence electrons. The van der Waals surface area contributed by atoms with E-state index in [1.165, 1.54) is 12.4 Å². The van der Waals surface area contributed by atoms with E-state index in [0.29, 0.717) is 23.7 Å². The quantitative estimate of drug-likeness (QED) is 0.483. The largest absolute Gasteiger partial charge is 0.376 e. The van der Waals surface area contributed by atoms with Crippen LogP contribution in [0.2, 0.25) is 5.02 Å². The summed E-state index contributed by atoms with van der Waals surface area (Å²) in [7, 11) is 0. The molecule has 2 aromatic rings. The van der Waals surface area contributed by atoms with Gasteiger partial charge in [-0.25, -0.2) is 9.97 Å². The molecule has 1 unspecified atom stereocenters. The number of benzene rings is 1. The highest BCUT2D eigenvalue weighted by atomic mass is 35.5. The lowest BCUT2D eigenvalue weighted by molar-refractivity contribution is -0.383. The van der Waals surface area contributed by atoms with Crippen LogP contribution in [0.4, 0.5) is 17.3 Å². The summed E-state index contributed by atoms with van der Waals surface area (Å²) in [5.41, 5.74) is 4.76. The predicted molar refractivity (Wildman–Crippen MR) is 98.7 cm³/mol. The number of nitro groups is 1. The molecule has 3 rings (SSSR count). The molecule has 27 heavy (non-hydrogen) atoms. The number of ether oxygens (including phenoxy) is 1. The fraction of sp³-hybridized carbons (Fsp3) is 0.312. The van der Waals surface area contributed by atoms with Crippen LogP contribution in [0.3, 0.4) is 0 Å². The van der Waals surface area contributed by atoms with Crippen LogP contribution in [-0.4, -0.2) is 40.1 Å². The van der Waals surface area contributed by atoms with Gasteiger partial charge in [0.25, 0.3) is 5.91 Å². The number of amides is 1. The summed E-state index contributed by atoms with van der Waals surface area (Å²) in [5, 5.41) is 14.8. The summed E-state index contributed by atoms with van der Waals surface area (Å²) in [4.78, 5) is 30.8. The van der Waals surface area contributed by atoms with Crippen LogP contribution in [-0.2, 0) is 4.74 Å². The molecule has 2 heterocycles. The van der Waals surface area contributed by atoms with Gasteiger partial charge in [-0.05, 0) is 31.0 Å². The van der Waals surface area contributed by atoms with Crippen molar-refractivity contribution in [1.29, 1.82) is 0 Å². The van der Waals surface area contributed by atoms with E-state index in [-0.39, 0.29) is 23.4 Å². The van der Waals surface area contributed by atoms with Crippen LogP contribution in [0.25, 0.3) is 0 Å². The minimum atomic E-state index is -0.619. The molecule has 1 amide bonds. The van der Waals surface area contributed by atoms with E-state index < -0.39 is 10.8 Å². The maximum absolute atomic E-state index is 12.2. The summed E-state index contributed by atoms with van der Waals surface area (Å²) in [5.74, 6) is -0.607. The maximum atomic E-state index is 12.2. The van der Waals surface area contributed by atoms with E-state index in [9.17, 15) is 14.9 Å². The average molecular weight is 393 g/mol. The first-order valence-electron chi connectivity index (χ1n) is 8.21. The first-order chi connectivity index (χ1) is 13.0. The molecule has 0 spiro atoms. The van der Waals surface area contributed by atoms with Crippen LogP contribution in [0, 0.1) is 10.1 Å². The van der Waals surface area contributed by atoms with Crippen molar-refractivity contribution in [2.24, 2.45) is 0 Å². The zero-order valence-corrected chi connectivity index (χ0v) is 14.9. The molecule has 11 heteroatoms. The van der Waals surface area contributed by atoms with E-state index >= 15 is 0 Å². The molecule has 0 bridgehead atoms. The Morgan fingerprint density at radius 3 is 2.89 bits per heavy atom. The maximum Gasteiger partial charge on any atom is 0.354 e. The molecule has 0 radical (unpaired) electrons. The van der Waals surface area contributed by atoms with Crippen LogP contribution in [0.15, 0.2) is 30.6 Å². The van der Waals surface area contributed by atoms with Crippen LogP contribution in [0.5, 0.6) is 0 Å². The summed E-state index contributed by atoms with van der Waals surface area (Å²) < 4.78 is 5.48. The molecule has 1 fully saturated rings. The number of halogens is 1. The minimum absolute atomic E-state index is 0.0153. The highest BCUT2D eigenvalue weighted by Crippen LogP contribution is 2.28. The van der Waals surface area contributed by atoms with Gasteiger partial charge in [0, 0.05) is 23.7 Å². The number of hydrogen-bond donors (Lipinski definition) is 3. The Morgan fingerprint density at radius 1 is 1.37 bits per heavy atom. The van der Waals surface area contributed by atoms with Gasteiger partial charge >= 0.3 is 5.69 Å². The number of nitrogens with zero attached hydrogens (tertiary/aromatic N) is 3. The van der Waals surface area contributed by atoms with Crippen LogP contribution in [0.1, 0.15) is 23.2 Å². The summed E-state index contributed by atoms with van der Waals surface area (Å²) >= 11 is 5.85. The third-order valence-corrected chi connectivity index (χ3v) is 4.14. The number of carbonyl (C=O) groups excluding carboxylic acids is 1. The second-order valence-corrected chi connectivity index (χ2v) is 6.22. The third kappa shape index (κ3) is 4.80. The van der Waals surface area contributed by atoms with E-state index in [2.05, 4.69) is 26.1 Å². The Bertz CT molecular complexity index is 843. The number of aromatic nitrogens is 2. The highest BCUT2D eigenvalue weighted by molar-refractivity contribution is 6.30. The third-order valence-electron chi connectivity index (χ3n) is 3.91. The fourth-order valence-corrected chi connectivity index (χ4v) is 2.80. The molecule has 0 aliphatic carbocycles. The summed E-state index contributed by atoms with van der Waals surface area (Å²) in [6.07, 6.45) is 2.99. The molecule has 1 aliphatic rings. The predicted octanol–water partition coefficient (Wildman–Crippen LogP) is 2.39. The minimum Gasteiger partial charge on any atom is -0.376 e. The fourth-order valence-electron chi connectivity index (χ4n) is 2.61. The van der Waals surface area contributed by atoms with Crippen molar-refractivity contribution in [3.63, 3.8) is 0 Å². The second-order valence-electron chi connectivity index (χ2n) is 5.78. The Kier molecular flexibility index (Phi) is 5.99. The molecule has 1 aromatic heterocycles. The first-order valence-corrected chi connectivity index (χ1v) is 8.59. The van der Waals surface area contributed by atoms with Crippen molar-refractivity contribution in [3.8, 4) is 0 Å².